The lowest BCUT2D eigenvalue weighted by atomic mass is 9.81. The normalized spacial score (nSPS) is 11.3. The Kier molecular flexibility index (Phi) is 3.27. The van der Waals surface area contributed by atoms with Gasteiger partial charge in [0.2, 0.25) is 0 Å². The van der Waals surface area contributed by atoms with Crippen molar-refractivity contribution >= 4 is 5.97 Å². The van der Waals surface area contributed by atoms with E-state index in [0.29, 0.717) is 0 Å². The van der Waals surface area contributed by atoms with Crippen molar-refractivity contribution in [1.82, 2.24) is 0 Å². The highest BCUT2D eigenvalue weighted by molar-refractivity contribution is 5.81. The lowest BCUT2D eigenvalue weighted by Gasteiger charge is -2.23. The standard InChI is InChI=1S/C13H18O3/c1-8-7-11(16-5)9(2)6-10(8)13(3,4)12(14)15/h6-7H,1-5H3,(H,14,15). The number of rotatable bonds is 3. The summed E-state index contributed by atoms with van der Waals surface area (Å²) in [5.41, 5.74) is 1.85. The Labute approximate surface area is 96.1 Å². The van der Waals surface area contributed by atoms with Crippen LogP contribution in [0.5, 0.6) is 5.75 Å². The number of ether oxygens (including phenoxy) is 1. The van der Waals surface area contributed by atoms with Gasteiger partial charge in [-0.3, -0.25) is 4.79 Å². The van der Waals surface area contributed by atoms with Crippen LogP contribution < -0.4 is 4.74 Å². The molecule has 0 aromatic heterocycles. The maximum Gasteiger partial charge on any atom is 0.313 e. The summed E-state index contributed by atoms with van der Waals surface area (Å²) in [5.74, 6) is -0.0254. The Bertz CT molecular complexity index is 419. The van der Waals surface area contributed by atoms with Crippen LogP contribution in [-0.2, 0) is 10.2 Å². The van der Waals surface area contributed by atoms with Crippen LogP contribution in [0.2, 0.25) is 0 Å². The topological polar surface area (TPSA) is 46.5 Å². The molecule has 1 rings (SSSR count). The maximum atomic E-state index is 11.2. The van der Waals surface area contributed by atoms with Crippen LogP contribution in [0.1, 0.15) is 30.5 Å². The molecule has 1 aromatic carbocycles. The van der Waals surface area contributed by atoms with E-state index in [2.05, 4.69) is 0 Å². The van der Waals surface area contributed by atoms with Crippen molar-refractivity contribution in [2.45, 2.75) is 33.1 Å². The first kappa shape index (κ1) is 12.6. The number of hydrogen-bond acceptors (Lipinski definition) is 2. The Morgan fingerprint density at radius 3 is 2.25 bits per heavy atom. The molecule has 0 unspecified atom stereocenters. The smallest absolute Gasteiger partial charge is 0.313 e. The Hall–Kier alpha value is -1.51. The zero-order chi connectivity index (χ0) is 12.5. The van der Waals surface area contributed by atoms with Crippen molar-refractivity contribution in [2.24, 2.45) is 0 Å². The van der Waals surface area contributed by atoms with Gasteiger partial charge in [0.15, 0.2) is 0 Å². The predicted molar refractivity (Wildman–Crippen MR) is 63.1 cm³/mol. The van der Waals surface area contributed by atoms with Gasteiger partial charge in [-0.25, -0.2) is 0 Å². The summed E-state index contributed by atoms with van der Waals surface area (Å²) < 4.78 is 5.21. The molecule has 3 nitrogen and oxygen atoms in total. The van der Waals surface area contributed by atoms with E-state index >= 15 is 0 Å². The molecule has 0 radical (unpaired) electrons. The molecular formula is C13H18O3. The third-order valence-corrected chi connectivity index (χ3v) is 2.95. The lowest BCUT2D eigenvalue weighted by Crippen LogP contribution is -2.29. The average molecular weight is 222 g/mol. The summed E-state index contributed by atoms with van der Waals surface area (Å²) >= 11 is 0. The third-order valence-electron chi connectivity index (χ3n) is 2.95. The van der Waals surface area contributed by atoms with E-state index in [1.165, 1.54) is 0 Å². The van der Waals surface area contributed by atoms with Gasteiger partial charge in [-0.15, -0.1) is 0 Å². The first-order chi connectivity index (χ1) is 7.30. The molecule has 1 N–H and O–H groups in total. The zero-order valence-electron chi connectivity index (χ0n) is 10.4. The van der Waals surface area contributed by atoms with Crippen LogP contribution in [0.15, 0.2) is 12.1 Å². The minimum atomic E-state index is -0.874. The minimum absolute atomic E-state index is 0.794. The fourth-order valence-corrected chi connectivity index (χ4v) is 1.80. The van der Waals surface area contributed by atoms with E-state index in [1.54, 1.807) is 21.0 Å². The number of aliphatic carboxylic acids is 1. The molecular weight excluding hydrogens is 204 g/mol. The quantitative estimate of drug-likeness (QED) is 0.855. The van der Waals surface area contributed by atoms with Crippen LogP contribution in [-0.4, -0.2) is 18.2 Å². The molecule has 88 valence electrons. The van der Waals surface area contributed by atoms with E-state index in [-0.39, 0.29) is 0 Å². The summed E-state index contributed by atoms with van der Waals surface area (Å²) in [6, 6.07) is 3.78. The van der Waals surface area contributed by atoms with Gasteiger partial charge >= 0.3 is 5.97 Å². The number of carboxylic acid groups (broad SMARTS) is 1. The molecule has 0 bridgehead atoms. The molecule has 0 spiro atoms. The third kappa shape index (κ3) is 2.03. The highest BCUT2D eigenvalue weighted by Gasteiger charge is 2.31. The van der Waals surface area contributed by atoms with Gasteiger partial charge in [0, 0.05) is 0 Å². The van der Waals surface area contributed by atoms with Gasteiger partial charge in [0.05, 0.1) is 12.5 Å². The molecule has 1 aromatic rings. The predicted octanol–water partition coefficient (Wildman–Crippen LogP) is 2.67. The summed E-state index contributed by atoms with van der Waals surface area (Å²) in [4.78, 5) is 11.2. The fourth-order valence-electron chi connectivity index (χ4n) is 1.80. The minimum Gasteiger partial charge on any atom is -0.496 e. The van der Waals surface area contributed by atoms with Gasteiger partial charge in [0.1, 0.15) is 5.75 Å². The van der Waals surface area contributed by atoms with Crippen LogP contribution >= 0.6 is 0 Å². The van der Waals surface area contributed by atoms with E-state index in [4.69, 9.17) is 4.74 Å². The molecule has 0 saturated heterocycles. The van der Waals surface area contributed by atoms with E-state index in [0.717, 1.165) is 22.4 Å². The number of hydrogen-bond donors (Lipinski definition) is 1. The second-order valence-electron chi connectivity index (χ2n) is 4.57. The summed E-state index contributed by atoms with van der Waals surface area (Å²) in [6.45, 7) is 7.24. The lowest BCUT2D eigenvalue weighted by molar-refractivity contribution is -0.142. The number of carboxylic acids is 1. The molecule has 0 aliphatic rings. The van der Waals surface area contributed by atoms with Crippen LogP contribution in [0, 0.1) is 13.8 Å². The van der Waals surface area contributed by atoms with Crippen molar-refractivity contribution in [3.05, 3.63) is 28.8 Å². The van der Waals surface area contributed by atoms with Gasteiger partial charge in [0.25, 0.3) is 0 Å². The van der Waals surface area contributed by atoms with Crippen molar-refractivity contribution in [3.63, 3.8) is 0 Å². The molecule has 0 saturated carbocycles. The first-order valence-corrected chi connectivity index (χ1v) is 5.19. The van der Waals surface area contributed by atoms with E-state index < -0.39 is 11.4 Å². The van der Waals surface area contributed by atoms with Gasteiger partial charge in [-0.1, -0.05) is 6.07 Å². The Balaban J connectivity index is 3.37. The van der Waals surface area contributed by atoms with Gasteiger partial charge in [-0.2, -0.15) is 0 Å². The van der Waals surface area contributed by atoms with Gasteiger partial charge < -0.3 is 9.84 Å². The highest BCUT2D eigenvalue weighted by atomic mass is 16.5. The first-order valence-electron chi connectivity index (χ1n) is 5.19. The summed E-state index contributed by atoms with van der Waals surface area (Å²) in [7, 11) is 1.61. The maximum absolute atomic E-state index is 11.2. The van der Waals surface area contributed by atoms with Gasteiger partial charge in [-0.05, 0) is 50.5 Å². The molecule has 0 amide bonds. The molecule has 0 aliphatic carbocycles. The van der Waals surface area contributed by atoms with E-state index in [9.17, 15) is 9.90 Å². The number of benzene rings is 1. The highest BCUT2D eigenvalue weighted by Crippen LogP contribution is 2.31. The summed E-state index contributed by atoms with van der Waals surface area (Å²) in [6.07, 6.45) is 0. The number of carbonyl (C=O) groups is 1. The number of aryl methyl sites for hydroxylation is 2. The molecule has 0 atom stereocenters. The van der Waals surface area contributed by atoms with Crippen molar-refractivity contribution in [3.8, 4) is 5.75 Å². The molecule has 0 heterocycles. The van der Waals surface area contributed by atoms with Crippen LogP contribution in [0.25, 0.3) is 0 Å². The van der Waals surface area contributed by atoms with Crippen LogP contribution in [0.4, 0.5) is 0 Å². The van der Waals surface area contributed by atoms with Crippen molar-refractivity contribution in [2.75, 3.05) is 7.11 Å². The fraction of sp³-hybridized carbons (Fsp3) is 0.462. The van der Waals surface area contributed by atoms with Crippen LogP contribution in [0.3, 0.4) is 0 Å². The molecule has 0 aliphatic heterocycles. The monoisotopic (exact) mass is 222 g/mol. The summed E-state index contributed by atoms with van der Waals surface area (Å²) in [5, 5.41) is 9.21. The molecule has 16 heavy (non-hydrogen) atoms. The van der Waals surface area contributed by atoms with E-state index in [1.807, 2.05) is 26.0 Å². The largest absolute Gasteiger partial charge is 0.496 e. The Morgan fingerprint density at radius 2 is 1.81 bits per heavy atom. The second-order valence-corrected chi connectivity index (χ2v) is 4.57. The zero-order valence-corrected chi connectivity index (χ0v) is 10.4. The Morgan fingerprint density at radius 1 is 1.25 bits per heavy atom. The molecule has 0 fully saturated rings. The second kappa shape index (κ2) is 4.16. The van der Waals surface area contributed by atoms with Crippen molar-refractivity contribution in [1.29, 1.82) is 0 Å². The SMILES string of the molecule is COc1cc(C)c(C(C)(C)C(=O)O)cc1C. The number of methoxy groups -OCH3 is 1. The average Bonchev–Trinajstić information content (AvgIpc) is 2.20. The van der Waals surface area contributed by atoms with Crippen molar-refractivity contribution < 1.29 is 14.6 Å². The molecule has 3 heteroatoms.